The Bertz CT molecular complexity index is 55.1. The minimum Gasteiger partial charge on any atom is -0.328 e. The van der Waals surface area contributed by atoms with Crippen molar-refractivity contribution in [3.63, 3.8) is 0 Å². The van der Waals surface area contributed by atoms with Crippen LogP contribution in [0.5, 0.6) is 0 Å². The van der Waals surface area contributed by atoms with Crippen LogP contribution in [0.25, 0.3) is 0 Å². The Hall–Kier alpha value is -0.0800. The number of hydrogen-bond donors (Lipinski definition) is 2. The molecule has 0 aromatic carbocycles. The van der Waals surface area contributed by atoms with Crippen LogP contribution in [0.15, 0.2) is 0 Å². The van der Waals surface area contributed by atoms with E-state index in [0.717, 1.165) is 19.3 Å². The number of hydrogen-bond acceptors (Lipinski definition) is 2. The van der Waals surface area contributed by atoms with Crippen LogP contribution >= 0.6 is 0 Å². The smallest absolute Gasteiger partial charge is 0.00541 e. The molecule has 1 rings (SSSR count). The molecule has 0 amide bonds. The normalized spacial score (nSPS) is 42.0. The molecule has 0 heterocycles. The maximum atomic E-state index is 5.55. The monoisotopic (exact) mass is 100 g/mol. The summed E-state index contributed by atoms with van der Waals surface area (Å²) >= 11 is 0. The SMILES string of the molecule is N[C@H]1CC[C@H](N)C1. The van der Waals surface area contributed by atoms with Crippen molar-refractivity contribution in [2.75, 3.05) is 0 Å². The topological polar surface area (TPSA) is 52.0 Å². The summed E-state index contributed by atoms with van der Waals surface area (Å²) in [5.41, 5.74) is 11.1. The average Bonchev–Trinajstić information content (AvgIpc) is 1.87. The van der Waals surface area contributed by atoms with Crippen molar-refractivity contribution in [2.45, 2.75) is 31.3 Å². The molecule has 0 aliphatic heterocycles. The fourth-order valence-corrected chi connectivity index (χ4v) is 1.05. The molecule has 0 bridgehead atoms. The summed E-state index contributed by atoms with van der Waals surface area (Å²) in [5.74, 6) is 0. The van der Waals surface area contributed by atoms with Gasteiger partial charge in [-0.05, 0) is 19.3 Å². The van der Waals surface area contributed by atoms with Crippen molar-refractivity contribution in [3.8, 4) is 0 Å². The van der Waals surface area contributed by atoms with E-state index in [4.69, 9.17) is 11.5 Å². The van der Waals surface area contributed by atoms with E-state index in [9.17, 15) is 0 Å². The summed E-state index contributed by atoms with van der Waals surface area (Å²) in [5, 5.41) is 0. The van der Waals surface area contributed by atoms with Crippen molar-refractivity contribution < 1.29 is 0 Å². The van der Waals surface area contributed by atoms with E-state index in [1.165, 1.54) is 0 Å². The van der Waals surface area contributed by atoms with Crippen molar-refractivity contribution >= 4 is 0 Å². The van der Waals surface area contributed by atoms with Crippen LogP contribution in [0.1, 0.15) is 19.3 Å². The van der Waals surface area contributed by atoms with E-state index in [1.807, 2.05) is 0 Å². The van der Waals surface area contributed by atoms with Crippen molar-refractivity contribution in [1.82, 2.24) is 0 Å². The Balaban J connectivity index is 2.26. The molecule has 0 saturated heterocycles. The molecule has 42 valence electrons. The van der Waals surface area contributed by atoms with E-state index in [1.54, 1.807) is 0 Å². The predicted octanol–water partition coefficient (Wildman–Crippen LogP) is -0.175. The van der Waals surface area contributed by atoms with Gasteiger partial charge in [0.2, 0.25) is 0 Å². The zero-order valence-corrected chi connectivity index (χ0v) is 4.43. The first-order chi connectivity index (χ1) is 3.29. The Labute approximate surface area is 43.9 Å². The molecule has 0 spiro atoms. The van der Waals surface area contributed by atoms with Crippen molar-refractivity contribution in [2.24, 2.45) is 11.5 Å². The zero-order chi connectivity index (χ0) is 5.28. The molecule has 1 aliphatic carbocycles. The minimum atomic E-state index is 0.398. The molecule has 0 unspecified atom stereocenters. The quantitative estimate of drug-likeness (QED) is 0.444. The summed E-state index contributed by atoms with van der Waals surface area (Å²) in [6.07, 6.45) is 3.28. The van der Waals surface area contributed by atoms with Gasteiger partial charge < -0.3 is 11.5 Å². The summed E-state index contributed by atoms with van der Waals surface area (Å²) in [7, 11) is 0. The standard InChI is InChI=1S/C5H12N2/c6-4-1-2-5(7)3-4/h4-5H,1-3,6-7H2/t4-,5-/m0/s1. The third kappa shape index (κ3) is 1.14. The maximum absolute atomic E-state index is 5.55. The van der Waals surface area contributed by atoms with Crippen LogP contribution in [-0.2, 0) is 0 Å². The third-order valence-corrected chi connectivity index (χ3v) is 1.51. The van der Waals surface area contributed by atoms with Gasteiger partial charge in [-0.15, -0.1) is 0 Å². The number of nitrogens with two attached hydrogens (primary N) is 2. The highest BCUT2D eigenvalue weighted by molar-refractivity contribution is 4.79. The second kappa shape index (κ2) is 1.80. The van der Waals surface area contributed by atoms with Crippen LogP contribution in [-0.4, -0.2) is 12.1 Å². The molecule has 0 aromatic heterocycles. The predicted molar refractivity (Wildman–Crippen MR) is 29.8 cm³/mol. The first-order valence-electron chi connectivity index (χ1n) is 2.80. The van der Waals surface area contributed by atoms with Gasteiger partial charge in [0.25, 0.3) is 0 Å². The van der Waals surface area contributed by atoms with Crippen molar-refractivity contribution in [3.05, 3.63) is 0 Å². The second-order valence-corrected chi connectivity index (χ2v) is 2.33. The van der Waals surface area contributed by atoms with Crippen molar-refractivity contribution in [1.29, 1.82) is 0 Å². The van der Waals surface area contributed by atoms with E-state index in [-0.39, 0.29) is 0 Å². The van der Waals surface area contributed by atoms with E-state index >= 15 is 0 Å². The van der Waals surface area contributed by atoms with Gasteiger partial charge in [0.1, 0.15) is 0 Å². The summed E-state index contributed by atoms with van der Waals surface area (Å²) in [6.45, 7) is 0. The van der Waals surface area contributed by atoms with Gasteiger partial charge in [-0.1, -0.05) is 0 Å². The molecule has 7 heavy (non-hydrogen) atoms. The lowest BCUT2D eigenvalue weighted by atomic mass is 10.2. The van der Waals surface area contributed by atoms with Gasteiger partial charge in [-0.3, -0.25) is 0 Å². The average molecular weight is 100 g/mol. The van der Waals surface area contributed by atoms with Crippen LogP contribution in [0, 0.1) is 0 Å². The molecule has 1 fully saturated rings. The summed E-state index contributed by atoms with van der Waals surface area (Å²) < 4.78 is 0. The largest absolute Gasteiger partial charge is 0.328 e. The fourth-order valence-electron chi connectivity index (χ4n) is 1.05. The second-order valence-electron chi connectivity index (χ2n) is 2.33. The molecule has 2 atom stereocenters. The summed E-state index contributed by atoms with van der Waals surface area (Å²) in [4.78, 5) is 0. The first kappa shape index (κ1) is 5.06. The van der Waals surface area contributed by atoms with Gasteiger partial charge in [0.05, 0.1) is 0 Å². The molecule has 0 aromatic rings. The highest BCUT2D eigenvalue weighted by Gasteiger charge is 2.16. The summed E-state index contributed by atoms with van der Waals surface area (Å²) in [6, 6.07) is 0.796. The first-order valence-corrected chi connectivity index (χ1v) is 2.80. The molecule has 1 aliphatic rings. The van der Waals surface area contributed by atoms with Crippen LogP contribution < -0.4 is 11.5 Å². The third-order valence-electron chi connectivity index (χ3n) is 1.51. The Morgan fingerprint density at radius 3 is 1.57 bits per heavy atom. The minimum absolute atomic E-state index is 0.398. The highest BCUT2D eigenvalue weighted by Crippen LogP contribution is 2.13. The number of rotatable bonds is 0. The Morgan fingerprint density at radius 2 is 1.43 bits per heavy atom. The lowest BCUT2D eigenvalue weighted by Gasteiger charge is -1.97. The zero-order valence-electron chi connectivity index (χ0n) is 4.43. The highest BCUT2D eigenvalue weighted by atomic mass is 14.7. The Morgan fingerprint density at radius 1 is 1.00 bits per heavy atom. The van der Waals surface area contributed by atoms with Crippen LogP contribution in [0.4, 0.5) is 0 Å². The molecule has 1 saturated carbocycles. The lowest BCUT2D eigenvalue weighted by molar-refractivity contribution is 0.666. The van der Waals surface area contributed by atoms with Gasteiger partial charge in [-0.25, -0.2) is 0 Å². The van der Waals surface area contributed by atoms with Crippen LogP contribution in [0.3, 0.4) is 0 Å². The van der Waals surface area contributed by atoms with Gasteiger partial charge in [0.15, 0.2) is 0 Å². The molecule has 2 heteroatoms. The van der Waals surface area contributed by atoms with E-state index in [2.05, 4.69) is 0 Å². The maximum Gasteiger partial charge on any atom is 0.00541 e. The van der Waals surface area contributed by atoms with Gasteiger partial charge >= 0.3 is 0 Å². The van der Waals surface area contributed by atoms with E-state index in [0.29, 0.717) is 12.1 Å². The van der Waals surface area contributed by atoms with E-state index < -0.39 is 0 Å². The molecule has 2 nitrogen and oxygen atoms in total. The fraction of sp³-hybridized carbons (Fsp3) is 1.00. The molecular weight excluding hydrogens is 88.1 g/mol. The lowest BCUT2D eigenvalue weighted by Crippen LogP contribution is -2.20. The Kier molecular flexibility index (Phi) is 1.30. The van der Waals surface area contributed by atoms with Gasteiger partial charge in [0, 0.05) is 12.1 Å². The molecule has 4 N–H and O–H groups in total. The molecular formula is C5H12N2. The molecule has 0 radical (unpaired) electrons. The van der Waals surface area contributed by atoms with Crippen LogP contribution in [0.2, 0.25) is 0 Å². The van der Waals surface area contributed by atoms with Gasteiger partial charge in [-0.2, -0.15) is 0 Å².